The number of anilines is 1. The van der Waals surface area contributed by atoms with Gasteiger partial charge in [0.15, 0.2) is 5.65 Å². The predicted molar refractivity (Wildman–Crippen MR) is 83.4 cm³/mol. The van der Waals surface area contributed by atoms with E-state index in [-0.39, 0.29) is 5.91 Å². The van der Waals surface area contributed by atoms with Crippen molar-refractivity contribution in [3.05, 3.63) is 65.5 Å². The molecular weight excluding hydrogens is 262 g/mol. The van der Waals surface area contributed by atoms with Gasteiger partial charge in [0.05, 0.1) is 11.3 Å². The van der Waals surface area contributed by atoms with E-state index in [4.69, 9.17) is 0 Å². The van der Waals surface area contributed by atoms with Crippen LogP contribution in [-0.2, 0) is 0 Å². The minimum absolute atomic E-state index is 0.156. The van der Waals surface area contributed by atoms with Gasteiger partial charge in [-0.2, -0.15) is 0 Å². The Kier molecular flexibility index (Phi) is 3.36. The number of nitrogens with one attached hydrogen (secondary N) is 1. The summed E-state index contributed by atoms with van der Waals surface area (Å²) in [6.45, 7) is 3.81. The average Bonchev–Trinajstić information content (AvgIpc) is 2.46. The number of nitrogens with zero attached hydrogens (tertiary/aromatic N) is 2. The topological polar surface area (TPSA) is 54.9 Å². The van der Waals surface area contributed by atoms with Crippen LogP contribution in [0, 0.1) is 13.8 Å². The maximum absolute atomic E-state index is 12.4. The van der Waals surface area contributed by atoms with Crippen molar-refractivity contribution in [3.8, 4) is 0 Å². The smallest absolute Gasteiger partial charge is 0.257 e. The predicted octanol–water partition coefficient (Wildman–Crippen LogP) is 3.50. The van der Waals surface area contributed by atoms with E-state index in [0.29, 0.717) is 16.9 Å². The number of carbonyl (C=O) groups is 1. The molecule has 2 heterocycles. The number of hydrogen-bond acceptors (Lipinski definition) is 3. The zero-order valence-electron chi connectivity index (χ0n) is 11.9. The summed E-state index contributed by atoms with van der Waals surface area (Å²) in [6.07, 6.45) is 1.70. The molecule has 1 N–H and O–H groups in total. The van der Waals surface area contributed by atoms with E-state index < -0.39 is 0 Å². The number of benzene rings is 1. The van der Waals surface area contributed by atoms with Gasteiger partial charge in [-0.3, -0.25) is 4.79 Å². The Morgan fingerprint density at radius 3 is 2.76 bits per heavy atom. The number of amides is 1. The molecule has 0 fully saturated rings. The zero-order valence-corrected chi connectivity index (χ0v) is 11.9. The Bertz CT molecular complexity index is 827. The van der Waals surface area contributed by atoms with E-state index in [1.165, 1.54) is 0 Å². The molecular formula is C17H15N3O. The Hall–Kier alpha value is -2.75. The molecule has 0 saturated heterocycles. The van der Waals surface area contributed by atoms with Crippen LogP contribution in [0.25, 0.3) is 11.0 Å². The molecule has 0 atom stereocenters. The Morgan fingerprint density at radius 1 is 1.10 bits per heavy atom. The summed E-state index contributed by atoms with van der Waals surface area (Å²) in [5.74, 6) is -0.156. The van der Waals surface area contributed by atoms with Gasteiger partial charge in [0.2, 0.25) is 0 Å². The van der Waals surface area contributed by atoms with Crippen LogP contribution in [0.5, 0.6) is 0 Å². The van der Waals surface area contributed by atoms with Gasteiger partial charge < -0.3 is 5.32 Å². The van der Waals surface area contributed by atoms with Crippen LogP contribution < -0.4 is 5.32 Å². The second-order valence-corrected chi connectivity index (χ2v) is 5.00. The highest BCUT2D eigenvalue weighted by molar-refractivity contribution is 6.06. The van der Waals surface area contributed by atoms with Gasteiger partial charge in [-0.15, -0.1) is 0 Å². The lowest BCUT2D eigenvalue weighted by Gasteiger charge is -2.09. The van der Waals surface area contributed by atoms with Gasteiger partial charge in [-0.05, 0) is 49.7 Å². The first kappa shape index (κ1) is 13.2. The van der Waals surface area contributed by atoms with E-state index in [9.17, 15) is 4.79 Å². The monoisotopic (exact) mass is 277 g/mol. The Morgan fingerprint density at radius 2 is 1.95 bits per heavy atom. The summed E-state index contributed by atoms with van der Waals surface area (Å²) < 4.78 is 0. The van der Waals surface area contributed by atoms with E-state index >= 15 is 0 Å². The third-order valence-corrected chi connectivity index (χ3v) is 3.30. The number of hydrogen-bond donors (Lipinski definition) is 1. The molecule has 0 unspecified atom stereocenters. The number of aromatic nitrogens is 2. The molecule has 3 rings (SSSR count). The molecule has 4 heteroatoms. The second kappa shape index (κ2) is 5.32. The molecule has 0 aliphatic heterocycles. The molecule has 0 aliphatic carbocycles. The van der Waals surface area contributed by atoms with Gasteiger partial charge in [0.25, 0.3) is 5.91 Å². The summed E-state index contributed by atoms with van der Waals surface area (Å²) in [7, 11) is 0. The molecule has 0 aliphatic rings. The molecule has 0 radical (unpaired) electrons. The van der Waals surface area contributed by atoms with Crippen molar-refractivity contribution in [1.82, 2.24) is 9.97 Å². The first-order valence-corrected chi connectivity index (χ1v) is 6.74. The summed E-state index contributed by atoms with van der Waals surface area (Å²) in [4.78, 5) is 21.0. The van der Waals surface area contributed by atoms with Crippen LogP contribution in [0.4, 0.5) is 5.69 Å². The van der Waals surface area contributed by atoms with Crippen molar-refractivity contribution in [2.45, 2.75) is 13.8 Å². The standard InChI is InChI=1S/C17H15N3O/c1-11-5-3-7-14(9-11)20-17(21)15-10-13-6-4-8-18-16(13)19-12(15)2/h3-10H,1-2H3,(H,20,21). The maximum atomic E-state index is 12.4. The second-order valence-electron chi connectivity index (χ2n) is 5.00. The molecule has 104 valence electrons. The molecule has 0 saturated carbocycles. The summed E-state index contributed by atoms with van der Waals surface area (Å²) in [5.41, 5.74) is 3.78. The third kappa shape index (κ3) is 2.74. The molecule has 3 aromatic rings. The quantitative estimate of drug-likeness (QED) is 0.780. The van der Waals surface area contributed by atoms with Crippen molar-refractivity contribution < 1.29 is 4.79 Å². The van der Waals surface area contributed by atoms with E-state index in [0.717, 1.165) is 16.6 Å². The molecule has 1 aromatic carbocycles. The summed E-state index contributed by atoms with van der Waals surface area (Å²) in [5, 5.41) is 3.76. The highest BCUT2D eigenvalue weighted by Gasteiger charge is 2.12. The lowest BCUT2D eigenvalue weighted by molar-refractivity contribution is 0.102. The van der Waals surface area contributed by atoms with E-state index in [1.807, 2.05) is 56.3 Å². The third-order valence-electron chi connectivity index (χ3n) is 3.30. The Labute approximate surface area is 122 Å². The Balaban J connectivity index is 1.96. The van der Waals surface area contributed by atoms with Gasteiger partial charge in [-0.25, -0.2) is 9.97 Å². The van der Waals surface area contributed by atoms with Crippen LogP contribution in [0.1, 0.15) is 21.6 Å². The molecule has 1 amide bonds. The SMILES string of the molecule is Cc1cccc(NC(=O)c2cc3cccnc3nc2C)c1. The molecule has 4 nitrogen and oxygen atoms in total. The first-order chi connectivity index (χ1) is 10.1. The van der Waals surface area contributed by atoms with E-state index in [2.05, 4.69) is 15.3 Å². The number of aryl methyl sites for hydroxylation is 2. The van der Waals surface area contributed by atoms with Crippen molar-refractivity contribution in [3.63, 3.8) is 0 Å². The highest BCUT2D eigenvalue weighted by atomic mass is 16.1. The fourth-order valence-corrected chi connectivity index (χ4v) is 2.25. The van der Waals surface area contributed by atoms with Gasteiger partial charge >= 0.3 is 0 Å². The number of rotatable bonds is 2. The lowest BCUT2D eigenvalue weighted by Crippen LogP contribution is -2.14. The lowest BCUT2D eigenvalue weighted by atomic mass is 10.1. The van der Waals surface area contributed by atoms with Crippen molar-refractivity contribution in [2.24, 2.45) is 0 Å². The van der Waals surface area contributed by atoms with E-state index in [1.54, 1.807) is 6.20 Å². The minimum Gasteiger partial charge on any atom is -0.322 e. The van der Waals surface area contributed by atoms with Crippen molar-refractivity contribution in [2.75, 3.05) is 5.32 Å². The fraction of sp³-hybridized carbons (Fsp3) is 0.118. The van der Waals surface area contributed by atoms with Crippen LogP contribution in [0.2, 0.25) is 0 Å². The summed E-state index contributed by atoms with van der Waals surface area (Å²) in [6, 6.07) is 13.3. The molecule has 2 aromatic heterocycles. The maximum Gasteiger partial charge on any atom is 0.257 e. The average molecular weight is 277 g/mol. The largest absolute Gasteiger partial charge is 0.322 e. The fourth-order valence-electron chi connectivity index (χ4n) is 2.25. The van der Waals surface area contributed by atoms with Gasteiger partial charge in [0.1, 0.15) is 0 Å². The molecule has 0 spiro atoms. The van der Waals surface area contributed by atoms with Gasteiger partial charge in [0, 0.05) is 17.3 Å². The normalized spacial score (nSPS) is 10.6. The first-order valence-electron chi connectivity index (χ1n) is 6.74. The van der Waals surface area contributed by atoms with Crippen LogP contribution >= 0.6 is 0 Å². The number of fused-ring (bicyclic) bond motifs is 1. The highest BCUT2D eigenvalue weighted by Crippen LogP contribution is 2.17. The molecule has 21 heavy (non-hydrogen) atoms. The van der Waals surface area contributed by atoms with Crippen molar-refractivity contribution >= 4 is 22.6 Å². The van der Waals surface area contributed by atoms with Gasteiger partial charge in [-0.1, -0.05) is 12.1 Å². The van der Waals surface area contributed by atoms with Crippen LogP contribution in [0.15, 0.2) is 48.7 Å². The van der Waals surface area contributed by atoms with Crippen LogP contribution in [0.3, 0.4) is 0 Å². The van der Waals surface area contributed by atoms with Crippen molar-refractivity contribution in [1.29, 1.82) is 0 Å². The number of carbonyl (C=O) groups excluding carboxylic acids is 1. The summed E-state index contributed by atoms with van der Waals surface area (Å²) >= 11 is 0. The molecule has 0 bridgehead atoms. The minimum atomic E-state index is -0.156. The van der Waals surface area contributed by atoms with Crippen LogP contribution in [-0.4, -0.2) is 15.9 Å². The number of pyridine rings is 2. The zero-order chi connectivity index (χ0) is 14.8.